The van der Waals surface area contributed by atoms with Crippen LogP contribution < -0.4 is 10.2 Å². The van der Waals surface area contributed by atoms with E-state index in [1.54, 1.807) is 0 Å². The Morgan fingerprint density at radius 1 is 1.14 bits per heavy atom. The molecular weight excluding hydrogens is 542 g/mol. The Kier molecular flexibility index (Phi) is 9.24. The van der Waals surface area contributed by atoms with Crippen LogP contribution in [-0.4, -0.2) is 93.9 Å². The van der Waals surface area contributed by atoms with E-state index in [0.717, 1.165) is 37.4 Å². The van der Waals surface area contributed by atoms with Crippen LogP contribution in [0.4, 0.5) is 10.5 Å². The average Bonchev–Trinajstić information content (AvgIpc) is 3.32. The topological polar surface area (TPSA) is 154 Å². The van der Waals surface area contributed by atoms with Crippen molar-refractivity contribution in [3.8, 4) is 0 Å². The molecule has 1 saturated carbocycles. The molecule has 2 fully saturated rings. The number of aryl methyl sites for hydroxylation is 1. The van der Waals surface area contributed by atoms with Gasteiger partial charge in [0.2, 0.25) is 5.78 Å². The molecule has 2 aromatic rings. The second-order valence-electron chi connectivity index (χ2n) is 11.4. The molecule has 3 N–H and O–H groups in total. The maximum absolute atomic E-state index is 14.4. The molecular formula is C30H41N5O7. The summed E-state index contributed by atoms with van der Waals surface area (Å²) in [6, 6.07) is 3.72. The number of Topliss-reactive ketones (excluding diaryl/α,β-unsaturated/α-hetero) is 1. The molecule has 1 aliphatic heterocycles. The number of rotatable bonds is 9. The molecule has 1 atom stereocenters. The van der Waals surface area contributed by atoms with Crippen LogP contribution in [0.3, 0.4) is 0 Å². The van der Waals surface area contributed by atoms with Crippen LogP contribution in [0, 0.1) is 12.3 Å². The Morgan fingerprint density at radius 2 is 1.83 bits per heavy atom. The van der Waals surface area contributed by atoms with Crippen molar-refractivity contribution in [2.45, 2.75) is 71.9 Å². The fourth-order valence-corrected chi connectivity index (χ4v) is 6.46. The van der Waals surface area contributed by atoms with Crippen LogP contribution in [0.25, 0.3) is 16.7 Å². The maximum atomic E-state index is 14.4. The number of aromatic nitrogens is 2. The van der Waals surface area contributed by atoms with Gasteiger partial charge in [-0.05, 0) is 70.2 Å². The van der Waals surface area contributed by atoms with E-state index in [1.165, 1.54) is 11.7 Å². The predicted molar refractivity (Wildman–Crippen MR) is 158 cm³/mol. The number of aliphatic carboxylic acids is 2. The number of hydrogen-bond acceptors (Lipinski definition) is 8. The zero-order chi connectivity index (χ0) is 30.8. The number of nitrogens with one attached hydrogen (secondary N) is 1. The third-order valence-electron chi connectivity index (χ3n) is 8.97. The van der Waals surface area contributed by atoms with Gasteiger partial charge < -0.3 is 25.2 Å². The largest absolute Gasteiger partial charge is 0.478 e. The molecule has 0 radical (unpaired) electrons. The van der Waals surface area contributed by atoms with Gasteiger partial charge in [-0.1, -0.05) is 13.8 Å². The number of amides is 1. The second kappa shape index (κ2) is 12.5. The highest BCUT2D eigenvalue weighted by molar-refractivity contribution is 6.17. The van der Waals surface area contributed by atoms with Crippen LogP contribution in [0.1, 0.15) is 69.1 Å². The van der Waals surface area contributed by atoms with Gasteiger partial charge in [-0.2, -0.15) is 0 Å². The van der Waals surface area contributed by atoms with Crippen LogP contribution in [0.2, 0.25) is 0 Å². The molecule has 4 rings (SSSR count). The van der Waals surface area contributed by atoms with Gasteiger partial charge in [-0.15, -0.1) is 0 Å². The average molecular weight is 584 g/mol. The van der Waals surface area contributed by atoms with Crippen molar-refractivity contribution in [3.63, 3.8) is 0 Å². The summed E-state index contributed by atoms with van der Waals surface area (Å²) in [5, 5.41) is 22.5. The smallest absolute Gasteiger partial charge is 0.407 e. The van der Waals surface area contributed by atoms with E-state index in [1.807, 2.05) is 26.0 Å². The Balaban J connectivity index is 1.83. The summed E-state index contributed by atoms with van der Waals surface area (Å²) >= 11 is 0. The molecule has 1 saturated heterocycles. The Morgan fingerprint density at radius 3 is 2.38 bits per heavy atom. The summed E-state index contributed by atoms with van der Waals surface area (Å²) in [4.78, 5) is 59.6. The van der Waals surface area contributed by atoms with Gasteiger partial charge in [-0.25, -0.2) is 19.4 Å². The minimum Gasteiger partial charge on any atom is -0.478 e. The predicted octanol–water partition coefficient (Wildman–Crippen LogP) is 3.76. The molecule has 12 heteroatoms. The van der Waals surface area contributed by atoms with E-state index in [-0.39, 0.29) is 23.7 Å². The molecule has 1 aliphatic carbocycles. The maximum Gasteiger partial charge on any atom is 0.407 e. The van der Waals surface area contributed by atoms with Crippen molar-refractivity contribution in [1.82, 2.24) is 19.8 Å². The van der Waals surface area contributed by atoms with E-state index in [4.69, 9.17) is 4.74 Å². The van der Waals surface area contributed by atoms with Crippen molar-refractivity contribution in [3.05, 3.63) is 29.6 Å². The number of alkyl carbamates (subject to hydrolysis) is 1. The normalized spacial score (nSPS) is 23.5. The lowest BCUT2D eigenvalue weighted by Crippen LogP contribution is -2.52. The molecule has 42 heavy (non-hydrogen) atoms. The number of carboxylic acid groups (broad SMARTS) is 2. The summed E-state index contributed by atoms with van der Waals surface area (Å²) in [5.41, 5.74) is 1.21. The Labute approximate surface area is 245 Å². The van der Waals surface area contributed by atoms with E-state index in [0.29, 0.717) is 49.2 Å². The number of carboxylic acids is 2. The van der Waals surface area contributed by atoms with E-state index in [2.05, 4.69) is 33.9 Å². The van der Waals surface area contributed by atoms with Crippen molar-refractivity contribution >= 4 is 46.2 Å². The fourth-order valence-electron chi connectivity index (χ4n) is 6.46. The number of hydrogen-bond donors (Lipinski definition) is 3. The number of fused-ring (bicyclic) bond motifs is 1. The molecule has 2 aliphatic rings. The first kappa shape index (κ1) is 31.0. The van der Waals surface area contributed by atoms with Crippen molar-refractivity contribution in [2.75, 3.05) is 38.2 Å². The highest BCUT2D eigenvalue weighted by atomic mass is 16.5. The first-order valence-electron chi connectivity index (χ1n) is 14.5. The van der Waals surface area contributed by atoms with Crippen LogP contribution in [-0.2, 0) is 14.3 Å². The number of methoxy groups -OCH3 is 1. The zero-order valence-corrected chi connectivity index (χ0v) is 25.0. The van der Waals surface area contributed by atoms with Crippen LogP contribution in [0.5, 0.6) is 0 Å². The Hall–Kier alpha value is -3.93. The van der Waals surface area contributed by atoms with E-state index >= 15 is 0 Å². The van der Waals surface area contributed by atoms with Gasteiger partial charge in [0.25, 0.3) is 0 Å². The number of piperazine rings is 1. The molecule has 1 aromatic heterocycles. The first-order valence-corrected chi connectivity index (χ1v) is 14.5. The lowest BCUT2D eigenvalue weighted by atomic mass is 9.68. The highest BCUT2D eigenvalue weighted by Gasteiger charge is 2.44. The summed E-state index contributed by atoms with van der Waals surface area (Å²) in [6.07, 6.45) is 2.54. The quantitative estimate of drug-likeness (QED) is 0.294. The van der Waals surface area contributed by atoms with Crippen molar-refractivity contribution in [1.29, 1.82) is 0 Å². The molecule has 0 unspecified atom stereocenters. The van der Waals surface area contributed by atoms with Gasteiger partial charge in [0.1, 0.15) is 5.70 Å². The number of ketones is 1. The number of carbonyl (C=O) groups excluding carboxylic acids is 2. The number of ether oxygens (including phenoxy) is 1. The van der Waals surface area contributed by atoms with Gasteiger partial charge in [0.05, 0.1) is 24.2 Å². The molecule has 2 heterocycles. The monoisotopic (exact) mass is 583 g/mol. The van der Waals surface area contributed by atoms with Crippen molar-refractivity contribution in [2.24, 2.45) is 5.41 Å². The number of likely N-dealkylation sites (N-methyl/N-ethyl adjacent to an activating group) is 1. The summed E-state index contributed by atoms with van der Waals surface area (Å²) < 4.78 is 5.92. The summed E-state index contributed by atoms with van der Waals surface area (Å²) in [5.74, 6) is -3.35. The summed E-state index contributed by atoms with van der Waals surface area (Å²) in [6.45, 7) is 11.6. The van der Waals surface area contributed by atoms with Crippen LogP contribution in [0.15, 0.2) is 18.2 Å². The lowest BCUT2D eigenvalue weighted by Gasteiger charge is -2.41. The van der Waals surface area contributed by atoms with E-state index in [9.17, 15) is 29.4 Å². The molecule has 1 amide bonds. The first-order chi connectivity index (χ1) is 19.9. The number of benzene rings is 1. The third-order valence-corrected chi connectivity index (χ3v) is 8.97. The second-order valence-corrected chi connectivity index (χ2v) is 11.4. The molecule has 1 aromatic carbocycles. The molecule has 0 bridgehead atoms. The fraction of sp³-hybridized carbons (Fsp3) is 0.567. The number of imidazole rings is 1. The van der Waals surface area contributed by atoms with E-state index < -0.39 is 29.1 Å². The SMILES string of the molecule is CCN1CCN(c2cc3c(cc2C)nc(C(=O)C2(CC)CCC(NC(=O)OC)CC2)n3/C(=C\C(=O)O)C(=O)O)[C@H](C)C1. The zero-order valence-electron chi connectivity index (χ0n) is 25.0. The molecule has 12 nitrogen and oxygen atoms in total. The van der Waals surface area contributed by atoms with Gasteiger partial charge in [0.15, 0.2) is 5.82 Å². The van der Waals surface area contributed by atoms with Gasteiger partial charge in [-0.3, -0.25) is 14.3 Å². The van der Waals surface area contributed by atoms with Crippen molar-refractivity contribution < 1.29 is 34.1 Å². The lowest BCUT2D eigenvalue weighted by molar-refractivity contribution is -0.133. The highest BCUT2D eigenvalue weighted by Crippen LogP contribution is 2.43. The Bertz CT molecular complexity index is 1410. The van der Waals surface area contributed by atoms with Gasteiger partial charge >= 0.3 is 18.0 Å². The third kappa shape index (κ3) is 5.99. The minimum atomic E-state index is -1.48. The molecule has 228 valence electrons. The minimum absolute atomic E-state index is 0.0958. The summed E-state index contributed by atoms with van der Waals surface area (Å²) in [7, 11) is 1.30. The standard InChI is InChI=1S/C30H41N5O7/c1-6-30(10-8-20(9-11-30)31-29(41)42-5)26(38)27-32-21-14-18(3)22(34-13-12-33(7-2)17-19(34)4)15-23(21)35(27)24(28(39)40)16-25(36)37/h14-16,19-20H,6-13,17H2,1-5H3,(H,31,41)(H,36,37)(H,39,40)/b24-16-/t19-,20?,30?/m1/s1. The number of nitrogens with zero attached hydrogens (tertiary/aromatic N) is 4. The van der Waals surface area contributed by atoms with Crippen LogP contribution >= 0.6 is 0 Å². The number of carbonyl (C=O) groups is 4. The molecule has 0 spiro atoms. The van der Waals surface area contributed by atoms with Gasteiger partial charge in [0, 0.05) is 42.8 Å². The number of anilines is 1.